The van der Waals surface area contributed by atoms with Gasteiger partial charge in [-0.25, -0.2) is 0 Å². The Morgan fingerprint density at radius 3 is 1.77 bits per heavy atom. The van der Waals surface area contributed by atoms with Crippen molar-refractivity contribution in [1.29, 1.82) is 0 Å². The standard InChI is InChI=1S/C27H55NO5SSi/c1-7-12-13-14-15-16-17-18-19-20-22-26(29)27(30)34-23-21-24-35(31-10-4,32-11-5)33-25(6)28(8-2)9-3/h25H,7-24H2,1-6H3. The smallest absolute Gasteiger partial charge is 0.374 e. The van der Waals surface area contributed by atoms with E-state index in [9.17, 15) is 9.59 Å². The maximum Gasteiger partial charge on any atom is 0.502 e. The summed E-state index contributed by atoms with van der Waals surface area (Å²) in [7, 11) is -2.85. The summed E-state index contributed by atoms with van der Waals surface area (Å²) >= 11 is 1.13. The molecule has 0 aromatic carbocycles. The van der Waals surface area contributed by atoms with Gasteiger partial charge in [-0.1, -0.05) is 90.3 Å². The third kappa shape index (κ3) is 17.0. The molecule has 0 aliphatic carbocycles. The Balaban J connectivity index is 4.26. The summed E-state index contributed by atoms with van der Waals surface area (Å²) < 4.78 is 18.5. The van der Waals surface area contributed by atoms with E-state index in [-0.39, 0.29) is 17.1 Å². The van der Waals surface area contributed by atoms with Crippen LogP contribution in [0.4, 0.5) is 0 Å². The molecule has 1 unspecified atom stereocenters. The SMILES string of the molecule is CCCCCCCCCCCCC(=O)C(=O)SCCC[Si](OCC)(OCC)OC(C)N(CC)CC. The molecule has 0 aromatic rings. The van der Waals surface area contributed by atoms with Crippen LogP contribution in [-0.2, 0) is 22.9 Å². The van der Waals surface area contributed by atoms with E-state index >= 15 is 0 Å². The molecule has 208 valence electrons. The van der Waals surface area contributed by atoms with Crippen molar-refractivity contribution in [2.24, 2.45) is 0 Å². The van der Waals surface area contributed by atoms with Crippen LogP contribution >= 0.6 is 11.8 Å². The quantitative estimate of drug-likeness (QED) is 0.0530. The maximum absolute atomic E-state index is 12.3. The number of ketones is 1. The maximum atomic E-state index is 12.3. The van der Waals surface area contributed by atoms with Crippen LogP contribution in [-0.4, -0.2) is 62.9 Å². The fourth-order valence-electron chi connectivity index (χ4n) is 4.23. The zero-order chi connectivity index (χ0) is 26.4. The van der Waals surface area contributed by atoms with Crippen LogP contribution in [0, 0.1) is 0 Å². The minimum absolute atomic E-state index is 0.0910. The van der Waals surface area contributed by atoms with Gasteiger partial charge in [-0.05, 0) is 46.7 Å². The summed E-state index contributed by atoms with van der Waals surface area (Å²) in [4.78, 5) is 26.7. The molecule has 0 saturated carbocycles. The Morgan fingerprint density at radius 2 is 1.29 bits per heavy atom. The zero-order valence-corrected chi connectivity index (χ0v) is 25.5. The van der Waals surface area contributed by atoms with Gasteiger partial charge in [0.05, 0.1) is 0 Å². The van der Waals surface area contributed by atoms with E-state index in [2.05, 4.69) is 25.7 Å². The lowest BCUT2D eigenvalue weighted by Crippen LogP contribution is -2.51. The van der Waals surface area contributed by atoms with Gasteiger partial charge in [0.2, 0.25) is 5.78 Å². The minimum Gasteiger partial charge on any atom is -0.374 e. The lowest BCUT2D eigenvalue weighted by molar-refractivity contribution is -0.131. The third-order valence-corrected chi connectivity index (χ3v) is 10.4. The summed E-state index contributed by atoms with van der Waals surface area (Å²) in [6, 6.07) is 0.646. The minimum atomic E-state index is -2.85. The van der Waals surface area contributed by atoms with Gasteiger partial charge in [0.1, 0.15) is 6.23 Å². The van der Waals surface area contributed by atoms with Crippen LogP contribution in [0.1, 0.15) is 119 Å². The molecule has 0 aliphatic heterocycles. The fraction of sp³-hybridized carbons (Fsp3) is 0.926. The summed E-state index contributed by atoms with van der Waals surface area (Å²) in [6.07, 6.45) is 13.2. The van der Waals surface area contributed by atoms with E-state index in [1.807, 2.05) is 20.8 Å². The molecule has 0 fully saturated rings. The Morgan fingerprint density at radius 1 is 0.771 bits per heavy atom. The average Bonchev–Trinajstić information content (AvgIpc) is 2.83. The number of rotatable bonds is 25. The van der Waals surface area contributed by atoms with E-state index in [0.29, 0.717) is 31.4 Å². The molecule has 0 bridgehead atoms. The van der Waals surface area contributed by atoms with Crippen LogP contribution < -0.4 is 0 Å². The third-order valence-electron chi connectivity index (χ3n) is 6.25. The van der Waals surface area contributed by atoms with Crippen molar-refractivity contribution in [3.8, 4) is 0 Å². The highest BCUT2D eigenvalue weighted by Gasteiger charge is 2.42. The van der Waals surface area contributed by atoms with Gasteiger partial charge in [-0.15, -0.1) is 0 Å². The van der Waals surface area contributed by atoms with Crippen molar-refractivity contribution < 1.29 is 22.9 Å². The van der Waals surface area contributed by atoms with Gasteiger partial charge >= 0.3 is 8.80 Å². The van der Waals surface area contributed by atoms with Crippen molar-refractivity contribution in [2.75, 3.05) is 32.1 Å². The number of Topliss-reactive ketones (excluding diaryl/α,β-unsaturated/α-hetero) is 1. The van der Waals surface area contributed by atoms with Crippen LogP contribution in [0.5, 0.6) is 0 Å². The van der Waals surface area contributed by atoms with Crippen molar-refractivity contribution in [3.63, 3.8) is 0 Å². The van der Waals surface area contributed by atoms with Gasteiger partial charge in [-0.3, -0.25) is 14.5 Å². The van der Waals surface area contributed by atoms with Crippen molar-refractivity contribution >= 4 is 31.5 Å². The number of thioether (sulfide) groups is 1. The van der Waals surface area contributed by atoms with Gasteiger partial charge in [0.15, 0.2) is 0 Å². The number of carbonyl (C=O) groups excluding carboxylic acids is 2. The van der Waals surface area contributed by atoms with Gasteiger partial charge < -0.3 is 13.3 Å². The Hall–Kier alpha value is -0.253. The molecule has 6 nitrogen and oxygen atoms in total. The second kappa shape index (κ2) is 22.9. The fourth-order valence-corrected chi connectivity index (χ4v) is 8.01. The first-order valence-corrected chi connectivity index (χ1v) is 17.2. The molecule has 0 N–H and O–H groups in total. The van der Waals surface area contributed by atoms with Crippen molar-refractivity contribution in [2.45, 2.75) is 131 Å². The predicted molar refractivity (Wildman–Crippen MR) is 151 cm³/mol. The Labute approximate surface area is 222 Å². The molecule has 0 rings (SSSR count). The molecule has 0 radical (unpaired) electrons. The van der Waals surface area contributed by atoms with E-state index in [4.69, 9.17) is 13.3 Å². The lowest BCUT2D eigenvalue weighted by atomic mass is 10.1. The van der Waals surface area contributed by atoms with Crippen molar-refractivity contribution in [1.82, 2.24) is 4.90 Å². The largest absolute Gasteiger partial charge is 0.502 e. The van der Waals surface area contributed by atoms with E-state index in [1.165, 1.54) is 44.9 Å². The predicted octanol–water partition coefficient (Wildman–Crippen LogP) is 7.23. The first kappa shape index (κ1) is 34.7. The first-order chi connectivity index (χ1) is 16.9. The summed E-state index contributed by atoms with van der Waals surface area (Å²) in [5.41, 5.74) is 0. The molecule has 35 heavy (non-hydrogen) atoms. The van der Waals surface area contributed by atoms with Gasteiger partial charge in [-0.2, -0.15) is 0 Å². The lowest BCUT2D eigenvalue weighted by Gasteiger charge is -2.35. The van der Waals surface area contributed by atoms with Crippen molar-refractivity contribution in [3.05, 3.63) is 0 Å². The molecule has 8 heteroatoms. The highest BCUT2D eigenvalue weighted by atomic mass is 32.2. The Kier molecular flexibility index (Phi) is 22.7. The number of carbonyl (C=O) groups is 2. The van der Waals surface area contributed by atoms with E-state index in [0.717, 1.165) is 50.5 Å². The summed E-state index contributed by atoms with van der Waals surface area (Å²) in [5.74, 6) is 0.347. The summed E-state index contributed by atoms with van der Waals surface area (Å²) in [5, 5.41) is -0.307. The molecule has 0 saturated heterocycles. The highest BCUT2D eigenvalue weighted by Crippen LogP contribution is 2.23. The second-order valence-corrected chi connectivity index (χ2v) is 12.8. The van der Waals surface area contributed by atoms with Crippen LogP contribution in [0.2, 0.25) is 6.04 Å². The molecule has 0 aliphatic rings. The van der Waals surface area contributed by atoms with Crippen LogP contribution in [0.25, 0.3) is 0 Å². The first-order valence-electron chi connectivity index (χ1n) is 14.3. The molecule has 0 heterocycles. The molecular weight excluding hydrogens is 478 g/mol. The molecule has 0 spiro atoms. The highest BCUT2D eigenvalue weighted by molar-refractivity contribution is 8.15. The van der Waals surface area contributed by atoms with Gasteiger partial charge in [0.25, 0.3) is 5.12 Å². The normalized spacial score (nSPS) is 12.9. The van der Waals surface area contributed by atoms with E-state index in [1.54, 1.807) is 0 Å². The second-order valence-electron chi connectivity index (χ2n) is 9.08. The number of hydrogen-bond acceptors (Lipinski definition) is 7. The topological polar surface area (TPSA) is 65.1 Å². The number of unbranched alkanes of at least 4 members (excludes halogenated alkanes) is 9. The molecule has 0 aromatic heterocycles. The zero-order valence-electron chi connectivity index (χ0n) is 23.7. The monoisotopic (exact) mass is 533 g/mol. The summed E-state index contributed by atoms with van der Waals surface area (Å²) in [6.45, 7) is 15.3. The Bertz CT molecular complexity index is 528. The van der Waals surface area contributed by atoms with Crippen LogP contribution in [0.15, 0.2) is 0 Å². The molecule has 1 atom stereocenters. The average molecular weight is 534 g/mol. The number of nitrogens with zero attached hydrogens (tertiary/aromatic N) is 1. The van der Waals surface area contributed by atoms with Gasteiger partial charge in [0, 0.05) is 31.4 Å². The number of hydrogen-bond donors (Lipinski definition) is 0. The molecular formula is C27H55NO5SSi. The van der Waals surface area contributed by atoms with Crippen LogP contribution in [0.3, 0.4) is 0 Å². The van der Waals surface area contributed by atoms with E-state index < -0.39 is 8.80 Å². The molecule has 0 amide bonds.